The fourth-order valence-corrected chi connectivity index (χ4v) is 3.37. The molecule has 3 heterocycles. The van der Waals surface area contributed by atoms with E-state index in [2.05, 4.69) is 39.3 Å². The maximum atomic E-state index is 12.4. The summed E-state index contributed by atoms with van der Waals surface area (Å²) in [4.78, 5) is 24.4. The number of aromatic nitrogens is 2. The number of amides is 1. The minimum atomic E-state index is -0.0335. The van der Waals surface area contributed by atoms with Gasteiger partial charge in [-0.3, -0.25) is 4.79 Å². The topological polar surface area (TPSA) is 58.6 Å². The predicted octanol–water partition coefficient (Wildman–Crippen LogP) is 2.88. The summed E-state index contributed by atoms with van der Waals surface area (Å²) in [5.74, 6) is 0.853. The van der Waals surface area contributed by atoms with Gasteiger partial charge >= 0.3 is 0 Å². The fraction of sp³-hybridized carbons (Fsp3) is 0.350. The first-order valence-electron chi connectivity index (χ1n) is 9.05. The number of likely N-dealkylation sites (tertiary alicyclic amines) is 1. The molecule has 2 aromatic rings. The number of rotatable bonds is 4. The summed E-state index contributed by atoms with van der Waals surface area (Å²) >= 11 is 0. The molecular formula is C20H22N4O2. The monoisotopic (exact) mass is 350 g/mol. The third-order valence-electron chi connectivity index (χ3n) is 4.82. The molecule has 6 heteroatoms. The summed E-state index contributed by atoms with van der Waals surface area (Å²) in [6, 6.07) is 9.90. The van der Waals surface area contributed by atoms with Crippen LogP contribution in [-0.2, 0) is 0 Å². The van der Waals surface area contributed by atoms with Crippen molar-refractivity contribution in [1.82, 2.24) is 14.9 Å². The number of piperidine rings is 1. The molecule has 2 aliphatic rings. The van der Waals surface area contributed by atoms with Gasteiger partial charge in [0.15, 0.2) is 0 Å². The van der Waals surface area contributed by atoms with E-state index in [9.17, 15) is 4.79 Å². The molecule has 6 nitrogen and oxygen atoms in total. The first-order chi connectivity index (χ1) is 12.8. The van der Waals surface area contributed by atoms with Crippen LogP contribution in [0.2, 0.25) is 0 Å². The van der Waals surface area contributed by atoms with Gasteiger partial charge in [-0.1, -0.05) is 6.08 Å². The van der Waals surface area contributed by atoms with E-state index in [-0.39, 0.29) is 12.0 Å². The Morgan fingerprint density at radius 1 is 1.08 bits per heavy atom. The zero-order valence-corrected chi connectivity index (χ0v) is 14.6. The Morgan fingerprint density at radius 2 is 1.88 bits per heavy atom. The van der Waals surface area contributed by atoms with Crippen molar-refractivity contribution in [2.24, 2.45) is 0 Å². The van der Waals surface area contributed by atoms with Gasteiger partial charge in [-0.25, -0.2) is 9.97 Å². The summed E-state index contributed by atoms with van der Waals surface area (Å²) < 4.78 is 6.11. The van der Waals surface area contributed by atoms with Crippen LogP contribution >= 0.6 is 0 Å². The van der Waals surface area contributed by atoms with Crippen molar-refractivity contribution in [3.05, 3.63) is 60.8 Å². The van der Waals surface area contributed by atoms with E-state index in [0.717, 1.165) is 31.6 Å². The van der Waals surface area contributed by atoms with E-state index in [0.29, 0.717) is 18.8 Å². The fourth-order valence-electron chi connectivity index (χ4n) is 3.37. The predicted molar refractivity (Wildman–Crippen MR) is 99.1 cm³/mol. The van der Waals surface area contributed by atoms with Crippen LogP contribution in [0.1, 0.15) is 29.8 Å². The van der Waals surface area contributed by atoms with Gasteiger partial charge in [0.25, 0.3) is 5.91 Å². The standard InChI is InChI=1S/C20H22N4O2/c25-20(19-7-10-21-15-22-19)24-13-8-18(9-14-24)26-17-5-3-16(4-6-17)23-11-1-2-12-23/h1,3-7,10-11,15,18H,2,8-9,12-14H2. The molecule has 0 aliphatic carbocycles. The quantitative estimate of drug-likeness (QED) is 0.849. The highest BCUT2D eigenvalue weighted by Gasteiger charge is 2.25. The van der Waals surface area contributed by atoms with Crippen LogP contribution in [0.15, 0.2) is 55.1 Å². The second-order valence-corrected chi connectivity index (χ2v) is 6.56. The van der Waals surface area contributed by atoms with Gasteiger partial charge in [-0.05, 0) is 36.8 Å². The Bertz CT molecular complexity index is 768. The maximum absolute atomic E-state index is 12.4. The van der Waals surface area contributed by atoms with Crippen molar-refractivity contribution in [2.45, 2.75) is 25.4 Å². The lowest BCUT2D eigenvalue weighted by molar-refractivity contribution is 0.0590. The number of anilines is 1. The number of hydrogen-bond donors (Lipinski definition) is 0. The van der Waals surface area contributed by atoms with Gasteiger partial charge < -0.3 is 14.5 Å². The minimum Gasteiger partial charge on any atom is -0.490 e. The summed E-state index contributed by atoms with van der Waals surface area (Å²) in [5, 5.41) is 0. The summed E-state index contributed by atoms with van der Waals surface area (Å²) in [6.07, 6.45) is 10.2. The first kappa shape index (κ1) is 16.6. The molecule has 2 aliphatic heterocycles. The molecule has 1 saturated heterocycles. The molecular weight excluding hydrogens is 328 g/mol. The van der Waals surface area contributed by atoms with Crippen LogP contribution in [0, 0.1) is 0 Å². The number of ether oxygens (including phenoxy) is 1. The van der Waals surface area contributed by atoms with Crippen molar-refractivity contribution in [3.8, 4) is 5.75 Å². The molecule has 4 rings (SSSR count). The van der Waals surface area contributed by atoms with E-state index >= 15 is 0 Å². The molecule has 0 N–H and O–H groups in total. The van der Waals surface area contributed by atoms with Crippen LogP contribution in [0.3, 0.4) is 0 Å². The summed E-state index contributed by atoms with van der Waals surface area (Å²) in [5.41, 5.74) is 1.64. The zero-order valence-electron chi connectivity index (χ0n) is 14.6. The smallest absolute Gasteiger partial charge is 0.272 e. The molecule has 1 fully saturated rings. The Balaban J connectivity index is 1.30. The molecule has 0 bridgehead atoms. The molecule has 1 amide bonds. The van der Waals surface area contributed by atoms with Crippen molar-refractivity contribution in [2.75, 3.05) is 24.5 Å². The third-order valence-corrected chi connectivity index (χ3v) is 4.82. The largest absolute Gasteiger partial charge is 0.490 e. The highest BCUT2D eigenvalue weighted by atomic mass is 16.5. The Morgan fingerprint density at radius 3 is 2.54 bits per heavy atom. The van der Waals surface area contributed by atoms with E-state index in [1.165, 1.54) is 12.0 Å². The van der Waals surface area contributed by atoms with Crippen LogP contribution in [-0.4, -0.2) is 46.5 Å². The summed E-state index contributed by atoms with van der Waals surface area (Å²) in [6.45, 7) is 2.41. The Labute approximate surface area is 153 Å². The van der Waals surface area contributed by atoms with E-state index in [1.807, 2.05) is 17.0 Å². The highest BCUT2D eigenvalue weighted by Crippen LogP contribution is 2.25. The SMILES string of the molecule is O=C(c1ccncn1)N1CCC(Oc2ccc(N3C=CCC3)cc2)CC1. The van der Waals surface area contributed by atoms with E-state index in [4.69, 9.17) is 4.74 Å². The average molecular weight is 350 g/mol. The van der Waals surface area contributed by atoms with Crippen molar-refractivity contribution >= 4 is 11.6 Å². The summed E-state index contributed by atoms with van der Waals surface area (Å²) in [7, 11) is 0. The molecule has 134 valence electrons. The Kier molecular flexibility index (Phi) is 4.82. The van der Waals surface area contributed by atoms with Gasteiger partial charge in [0.05, 0.1) is 0 Å². The average Bonchev–Trinajstić information content (AvgIpc) is 3.24. The molecule has 1 aromatic heterocycles. The third kappa shape index (κ3) is 3.69. The highest BCUT2D eigenvalue weighted by molar-refractivity contribution is 5.92. The molecule has 0 unspecified atom stereocenters. The number of benzene rings is 1. The molecule has 0 atom stereocenters. The Hall–Kier alpha value is -2.89. The maximum Gasteiger partial charge on any atom is 0.272 e. The first-order valence-corrected chi connectivity index (χ1v) is 9.05. The van der Waals surface area contributed by atoms with Gasteiger partial charge in [0.2, 0.25) is 0 Å². The van der Waals surface area contributed by atoms with Crippen LogP contribution in [0.25, 0.3) is 0 Å². The molecule has 0 radical (unpaired) electrons. The minimum absolute atomic E-state index is 0.0335. The molecule has 26 heavy (non-hydrogen) atoms. The lowest BCUT2D eigenvalue weighted by atomic mass is 10.1. The lowest BCUT2D eigenvalue weighted by Crippen LogP contribution is -2.42. The van der Waals surface area contributed by atoms with Gasteiger partial charge in [-0.15, -0.1) is 0 Å². The lowest BCUT2D eigenvalue weighted by Gasteiger charge is -2.32. The van der Waals surface area contributed by atoms with Crippen molar-refractivity contribution < 1.29 is 9.53 Å². The van der Waals surface area contributed by atoms with Crippen molar-refractivity contribution in [3.63, 3.8) is 0 Å². The zero-order chi connectivity index (χ0) is 17.8. The van der Waals surface area contributed by atoms with Gasteiger partial charge in [0, 0.05) is 50.6 Å². The molecule has 0 saturated carbocycles. The van der Waals surface area contributed by atoms with Crippen LogP contribution in [0.5, 0.6) is 5.75 Å². The van der Waals surface area contributed by atoms with Crippen molar-refractivity contribution in [1.29, 1.82) is 0 Å². The van der Waals surface area contributed by atoms with Crippen LogP contribution in [0.4, 0.5) is 5.69 Å². The number of nitrogens with zero attached hydrogens (tertiary/aromatic N) is 4. The molecule has 0 spiro atoms. The second-order valence-electron chi connectivity index (χ2n) is 6.56. The molecule has 1 aromatic carbocycles. The van der Waals surface area contributed by atoms with Crippen LogP contribution < -0.4 is 9.64 Å². The number of carbonyl (C=O) groups excluding carboxylic acids is 1. The number of carbonyl (C=O) groups is 1. The van der Waals surface area contributed by atoms with Gasteiger partial charge in [0.1, 0.15) is 23.9 Å². The van der Waals surface area contributed by atoms with E-state index in [1.54, 1.807) is 12.3 Å². The second kappa shape index (κ2) is 7.56. The van der Waals surface area contributed by atoms with Gasteiger partial charge in [-0.2, -0.15) is 0 Å². The van der Waals surface area contributed by atoms with E-state index < -0.39 is 0 Å². The number of hydrogen-bond acceptors (Lipinski definition) is 5. The normalized spacial score (nSPS) is 17.5.